The lowest BCUT2D eigenvalue weighted by Crippen LogP contribution is -2.20. The van der Waals surface area contributed by atoms with Crippen LogP contribution in [0.5, 0.6) is 5.75 Å². The van der Waals surface area contributed by atoms with Gasteiger partial charge in [0.1, 0.15) is 5.75 Å². The molecule has 0 bridgehead atoms. The second kappa shape index (κ2) is 7.61. The fourth-order valence-electron chi connectivity index (χ4n) is 2.38. The highest BCUT2D eigenvalue weighted by molar-refractivity contribution is 7.14. The molecule has 7 heteroatoms. The number of aryl methyl sites for hydroxylation is 2. The van der Waals surface area contributed by atoms with E-state index in [-0.39, 0.29) is 12.5 Å². The molecule has 2 aromatic carbocycles. The van der Waals surface area contributed by atoms with Crippen LogP contribution in [0, 0.1) is 25.5 Å². The van der Waals surface area contributed by atoms with Crippen molar-refractivity contribution in [1.82, 2.24) is 4.98 Å². The monoisotopic (exact) mass is 374 g/mol. The number of halogens is 2. The van der Waals surface area contributed by atoms with E-state index in [1.807, 2.05) is 32.0 Å². The van der Waals surface area contributed by atoms with E-state index in [0.29, 0.717) is 22.1 Å². The summed E-state index contributed by atoms with van der Waals surface area (Å²) in [5, 5.41) is 4.65. The van der Waals surface area contributed by atoms with Gasteiger partial charge in [0.05, 0.1) is 5.69 Å². The molecule has 0 aliphatic rings. The number of benzene rings is 2. The number of rotatable bonds is 5. The third-order valence-corrected chi connectivity index (χ3v) is 4.41. The first-order valence-corrected chi connectivity index (χ1v) is 8.71. The second-order valence-corrected chi connectivity index (χ2v) is 6.63. The van der Waals surface area contributed by atoms with Gasteiger partial charge in [-0.1, -0.05) is 17.7 Å². The molecule has 0 saturated heterocycles. The maximum atomic E-state index is 13.3. The van der Waals surface area contributed by atoms with Crippen LogP contribution in [-0.4, -0.2) is 17.5 Å². The van der Waals surface area contributed by atoms with Crippen molar-refractivity contribution < 1.29 is 18.3 Å². The predicted molar refractivity (Wildman–Crippen MR) is 97.5 cm³/mol. The molecule has 0 spiro atoms. The number of carbonyl (C=O) groups is 1. The lowest BCUT2D eigenvalue weighted by molar-refractivity contribution is -0.118. The zero-order valence-corrected chi connectivity index (χ0v) is 15.0. The van der Waals surface area contributed by atoms with Gasteiger partial charge in [0.15, 0.2) is 23.4 Å². The Kier molecular flexibility index (Phi) is 5.27. The third kappa shape index (κ3) is 4.23. The van der Waals surface area contributed by atoms with E-state index in [1.165, 1.54) is 17.4 Å². The van der Waals surface area contributed by atoms with Crippen LogP contribution in [0.15, 0.2) is 41.8 Å². The number of amides is 1. The van der Waals surface area contributed by atoms with Crippen LogP contribution in [0.3, 0.4) is 0 Å². The number of nitrogens with zero attached hydrogens (tertiary/aromatic N) is 1. The number of carbonyl (C=O) groups excluding carboxylic acids is 1. The van der Waals surface area contributed by atoms with Gasteiger partial charge in [0.2, 0.25) is 0 Å². The minimum Gasteiger partial charge on any atom is -0.483 e. The number of nitrogens with one attached hydrogen (secondary N) is 1. The number of anilines is 1. The lowest BCUT2D eigenvalue weighted by Gasteiger charge is -2.09. The fourth-order valence-corrected chi connectivity index (χ4v) is 3.11. The van der Waals surface area contributed by atoms with E-state index in [1.54, 1.807) is 5.38 Å². The summed E-state index contributed by atoms with van der Waals surface area (Å²) in [7, 11) is 0. The van der Waals surface area contributed by atoms with Crippen molar-refractivity contribution in [3.63, 3.8) is 0 Å². The molecule has 3 rings (SSSR count). The highest BCUT2D eigenvalue weighted by Gasteiger charge is 2.11. The first kappa shape index (κ1) is 18.0. The quantitative estimate of drug-likeness (QED) is 0.703. The Balaban J connectivity index is 1.61. The van der Waals surface area contributed by atoms with E-state index in [9.17, 15) is 13.6 Å². The Labute approximate surface area is 153 Å². The van der Waals surface area contributed by atoms with E-state index < -0.39 is 11.6 Å². The summed E-state index contributed by atoms with van der Waals surface area (Å²) in [6, 6.07) is 9.25. The molecule has 0 aliphatic carbocycles. The van der Waals surface area contributed by atoms with Gasteiger partial charge < -0.3 is 4.74 Å². The lowest BCUT2D eigenvalue weighted by atomic mass is 10.1. The van der Waals surface area contributed by atoms with E-state index in [4.69, 9.17) is 4.74 Å². The number of thiazole rings is 1. The maximum Gasteiger partial charge on any atom is 0.264 e. The van der Waals surface area contributed by atoms with Gasteiger partial charge >= 0.3 is 0 Å². The molecule has 0 unspecified atom stereocenters. The van der Waals surface area contributed by atoms with Crippen molar-refractivity contribution in [2.24, 2.45) is 0 Å². The summed E-state index contributed by atoms with van der Waals surface area (Å²) in [6.07, 6.45) is 0. The molecule has 1 amide bonds. The molecular weight excluding hydrogens is 358 g/mol. The number of ether oxygens (including phenoxy) is 1. The summed E-state index contributed by atoms with van der Waals surface area (Å²) in [5.41, 5.74) is 2.96. The molecule has 3 aromatic rings. The van der Waals surface area contributed by atoms with Crippen molar-refractivity contribution in [2.45, 2.75) is 13.8 Å². The van der Waals surface area contributed by atoms with Gasteiger partial charge in [0.25, 0.3) is 5.91 Å². The van der Waals surface area contributed by atoms with Crippen LogP contribution >= 0.6 is 11.3 Å². The van der Waals surface area contributed by atoms with Crippen LogP contribution in [0.4, 0.5) is 13.9 Å². The van der Waals surface area contributed by atoms with E-state index >= 15 is 0 Å². The smallest absolute Gasteiger partial charge is 0.264 e. The standard InChI is InChI=1S/C19H16F2N2O2S/c1-11-3-6-17(12(2)7-11)25-9-18(24)23-19-22-16(10-26-19)13-4-5-14(20)15(21)8-13/h3-8,10H,9H2,1-2H3,(H,22,23,24). The molecule has 0 atom stereocenters. The zero-order chi connectivity index (χ0) is 18.7. The normalized spacial score (nSPS) is 10.6. The van der Waals surface area contributed by atoms with Crippen molar-refractivity contribution in [3.05, 3.63) is 64.5 Å². The third-order valence-electron chi connectivity index (χ3n) is 3.66. The SMILES string of the molecule is Cc1ccc(OCC(=O)Nc2nc(-c3ccc(F)c(F)c3)cs2)c(C)c1. The molecular formula is C19H16F2N2O2S. The van der Waals surface area contributed by atoms with Crippen LogP contribution in [0.1, 0.15) is 11.1 Å². The second-order valence-electron chi connectivity index (χ2n) is 5.77. The van der Waals surface area contributed by atoms with E-state index in [0.717, 1.165) is 23.3 Å². The molecule has 1 heterocycles. The van der Waals surface area contributed by atoms with Gasteiger partial charge in [-0.3, -0.25) is 10.1 Å². The van der Waals surface area contributed by atoms with Crippen molar-refractivity contribution in [3.8, 4) is 17.0 Å². The Hall–Kier alpha value is -2.80. The van der Waals surface area contributed by atoms with Gasteiger partial charge in [0, 0.05) is 10.9 Å². The van der Waals surface area contributed by atoms with Gasteiger partial charge in [-0.2, -0.15) is 0 Å². The number of aromatic nitrogens is 1. The topological polar surface area (TPSA) is 51.2 Å². The average Bonchev–Trinajstić information content (AvgIpc) is 3.05. The molecule has 134 valence electrons. The highest BCUT2D eigenvalue weighted by atomic mass is 32.1. The Bertz CT molecular complexity index is 956. The molecule has 26 heavy (non-hydrogen) atoms. The van der Waals surface area contributed by atoms with Crippen molar-refractivity contribution in [1.29, 1.82) is 0 Å². The van der Waals surface area contributed by atoms with E-state index in [2.05, 4.69) is 10.3 Å². The van der Waals surface area contributed by atoms with Crippen LogP contribution in [0.2, 0.25) is 0 Å². The minimum absolute atomic E-state index is 0.149. The summed E-state index contributed by atoms with van der Waals surface area (Å²) in [4.78, 5) is 16.2. The Morgan fingerprint density at radius 1 is 1.15 bits per heavy atom. The summed E-state index contributed by atoms with van der Waals surface area (Å²) in [6.45, 7) is 3.75. The van der Waals surface area contributed by atoms with Gasteiger partial charge in [-0.15, -0.1) is 11.3 Å². The first-order valence-electron chi connectivity index (χ1n) is 7.83. The van der Waals surface area contributed by atoms with Crippen molar-refractivity contribution in [2.75, 3.05) is 11.9 Å². The highest BCUT2D eigenvalue weighted by Crippen LogP contribution is 2.26. The van der Waals surface area contributed by atoms with Gasteiger partial charge in [-0.05, 0) is 43.7 Å². The maximum absolute atomic E-state index is 13.3. The minimum atomic E-state index is -0.942. The average molecular weight is 374 g/mol. The number of hydrogen-bond acceptors (Lipinski definition) is 4. The van der Waals surface area contributed by atoms with Crippen molar-refractivity contribution >= 4 is 22.4 Å². The van der Waals surface area contributed by atoms with Crippen LogP contribution < -0.4 is 10.1 Å². The van der Waals surface area contributed by atoms with Gasteiger partial charge in [-0.25, -0.2) is 13.8 Å². The molecule has 0 saturated carbocycles. The summed E-state index contributed by atoms with van der Waals surface area (Å²) < 4.78 is 31.8. The zero-order valence-electron chi connectivity index (χ0n) is 14.2. The Morgan fingerprint density at radius 2 is 1.96 bits per heavy atom. The first-order chi connectivity index (χ1) is 12.4. The molecule has 0 fully saturated rings. The Morgan fingerprint density at radius 3 is 2.69 bits per heavy atom. The summed E-state index contributed by atoms with van der Waals surface area (Å²) in [5.74, 6) is -1.56. The molecule has 0 radical (unpaired) electrons. The molecule has 4 nitrogen and oxygen atoms in total. The largest absolute Gasteiger partial charge is 0.483 e. The predicted octanol–water partition coefficient (Wildman–Crippen LogP) is 4.72. The van der Waals surface area contributed by atoms with Crippen LogP contribution in [0.25, 0.3) is 11.3 Å². The van der Waals surface area contributed by atoms with Crippen LogP contribution in [-0.2, 0) is 4.79 Å². The molecule has 1 aromatic heterocycles. The fraction of sp³-hybridized carbons (Fsp3) is 0.158. The molecule has 0 aliphatic heterocycles. The molecule has 1 N–H and O–H groups in total. The summed E-state index contributed by atoms with van der Waals surface area (Å²) >= 11 is 1.19. The number of hydrogen-bond donors (Lipinski definition) is 1.